The molecule has 2 unspecified atom stereocenters. The van der Waals surface area contributed by atoms with Crippen LogP contribution in [-0.2, 0) is 6.40 Å². The molecule has 5 heteroatoms. The van der Waals surface area contributed by atoms with Gasteiger partial charge in [0.25, 0.3) is 0 Å². The van der Waals surface area contributed by atoms with E-state index in [1.165, 1.54) is 0 Å². The molecule has 236 valence electrons. The summed E-state index contributed by atoms with van der Waals surface area (Å²) in [7, 11) is 0. The van der Waals surface area contributed by atoms with Crippen molar-refractivity contribution in [3.8, 4) is 56.4 Å². The summed E-state index contributed by atoms with van der Waals surface area (Å²) in [6.07, 6.45) is -2.90. The third-order valence-electron chi connectivity index (χ3n) is 8.52. The van der Waals surface area contributed by atoms with E-state index in [2.05, 4.69) is 0 Å². The number of rotatable bonds is 5. The van der Waals surface area contributed by atoms with Gasteiger partial charge in [0.05, 0.1) is 16.4 Å². The molecule has 0 bridgehead atoms. The minimum atomic E-state index is -1.48. The summed E-state index contributed by atoms with van der Waals surface area (Å²) in [6.45, 7) is 0. The van der Waals surface area contributed by atoms with Crippen molar-refractivity contribution in [1.29, 1.82) is 0 Å². The molecule has 0 amide bonds. The standard InChI is InChI=1S/C45H29N3OS/c1-2-13-28(14-3-1)30-15-4-5-16-31(30)32-17-6-7-19-34(32)44-46-43(29-25-26-39-37(27-29)33-18-8-10-22-38(33)49-39)47-45(48-44)36-21-12-24-41-42(36)35-20-9-11-23-40(35)50-41/h1-8,10-19,21-27H,9,20H2/i8D,9D,10D,11D,12D,18D,20D,21D,22D,23D,24D,25D,26D,27D. The van der Waals surface area contributed by atoms with Crippen LogP contribution in [0.5, 0.6) is 0 Å². The Balaban J connectivity index is 1.34. The SMILES string of the molecule is [2H]C1=C([2H])C([2H])C([2H])c2c1sc1c([2H])c([2H])c([2H])c(-c3nc(-c4ccccc4-c4ccccc4-c4ccccc4)nc(-c4c([2H])c([2H])c5oc6c([2H])c([2H])c([2H])c([2H])c6c5c4[2H])n3)c21. The van der Waals surface area contributed by atoms with Crippen LogP contribution >= 0.6 is 11.3 Å². The maximum atomic E-state index is 9.58. The summed E-state index contributed by atoms with van der Waals surface area (Å²) < 4.78 is 130. The molecule has 0 radical (unpaired) electrons. The van der Waals surface area contributed by atoms with Gasteiger partial charge in [-0.2, -0.15) is 0 Å². The Kier molecular flexibility index (Phi) is 4.23. The molecule has 0 aliphatic heterocycles. The third-order valence-corrected chi connectivity index (χ3v) is 9.55. The topological polar surface area (TPSA) is 51.8 Å². The molecule has 9 aromatic rings. The molecule has 2 atom stereocenters. The Morgan fingerprint density at radius 1 is 0.600 bits per heavy atom. The monoisotopic (exact) mass is 673 g/mol. The molecular weight excluding hydrogens is 631 g/mol. The Labute approximate surface area is 312 Å². The lowest BCUT2D eigenvalue weighted by Crippen LogP contribution is -2.02. The number of aromatic nitrogens is 3. The quantitative estimate of drug-likeness (QED) is 0.182. The molecule has 3 aromatic heterocycles. The highest BCUT2D eigenvalue weighted by atomic mass is 32.1. The fourth-order valence-electron chi connectivity index (χ4n) is 6.28. The zero-order valence-electron chi connectivity index (χ0n) is 39.8. The number of furan rings is 1. The minimum Gasteiger partial charge on any atom is -0.456 e. The van der Waals surface area contributed by atoms with Crippen molar-refractivity contribution in [2.75, 3.05) is 0 Å². The number of thiophene rings is 1. The van der Waals surface area contributed by atoms with Gasteiger partial charge in [-0.1, -0.05) is 115 Å². The first-order chi connectivity index (χ1) is 30.6. The number of allylic oxidation sites excluding steroid dienone is 1. The number of nitrogens with zero attached hydrogens (tertiary/aromatic N) is 3. The summed E-state index contributed by atoms with van der Waals surface area (Å²) >= 11 is 0.903. The van der Waals surface area contributed by atoms with Crippen molar-refractivity contribution in [2.45, 2.75) is 12.8 Å². The minimum absolute atomic E-state index is 0.0312. The molecular formula is C45H29N3OS. The highest BCUT2D eigenvalue weighted by Gasteiger charge is 2.22. The number of benzene rings is 6. The Hall–Kier alpha value is -6.17. The van der Waals surface area contributed by atoms with Crippen molar-refractivity contribution in [2.24, 2.45) is 0 Å². The molecule has 50 heavy (non-hydrogen) atoms. The molecule has 0 saturated heterocycles. The van der Waals surface area contributed by atoms with Crippen molar-refractivity contribution in [3.05, 3.63) is 156 Å². The van der Waals surface area contributed by atoms with E-state index in [-0.39, 0.29) is 89.2 Å². The van der Waals surface area contributed by atoms with E-state index < -0.39 is 67.2 Å². The first-order valence-electron chi connectivity index (χ1n) is 22.8. The Morgan fingerprint density at radius 2 is 1.30 bits per heavy atom. The molecule has 1 aliphatic rings. The number of para-hydroxylation sites is 1. The Morgan fingerprint density at radius 3 is 2.16 bits per heavy atom. The molecule has 4 nitrogen and oxygen atoms in total. The third kappa shape index (κ3) is 4.78. The lowest BCUT2D eigenvalue weighted by atomic mass is 9.91. The zero-order valence-corrected chi connectivity index (χ0v) is 26.6. The van der Waals surface area contributed by atoms with Crippen LogP contribution in [-0.4, -0.2) is 15.0 Å². The highest BCUT2D eigenvalue weighted by Crippen LogP contribution is 2.42. The van der Waals surface area contributed by atoms with Gasteiger partial charge < -0.3 is 4.42 Å². The summed E-state index contributed by atoms with van der Waals surface area (Å²) in [5.74, 6) is -0.656. The Bertz CT molecular complexity index is 3540. The van der Waals surface area contributed by atoms with Gasteiger partial charge in [0.15, 0.2) is 17.5 Å². The summed E-state index contributed by atoms with van der Waals surface area (Å²) in [4.78, 5) is 14.7. The largest absolute Gasteiger partial charge is 0.456 e. The van der Waals surface area contributed by atoms with E-state index in [1.54, 1.807) is 12.1 Å². The molecule has 3 heterocycles. The molecule has 1 aliphatic carbocycles. The van der Waals surface area contributed by atoms with Gasteiger partial charge in [0, 0.05) is 45.2 Å². The predicted molar refractivity (Wildman–Crippen MR) is 207 cm³/mol. The molecule has 6 aromatic carbocycles. The predicted octanol–water partition coefficient (Wildman–Crippen LogP) is 12.3. The first kappa shape index (κ1) is 18.0. The second kappa shape index (κ2) is 11.8. The zero-order chi connectivity index (χ0) is 45.2. The van der Waals surface area contributed by atoms with Crippen molar-refractivity contribution in [1.82, 2.24) is 15.0 Å². The van der Waals surface area contributed by atoms with E-state index in [0.717, 1.165) is 28.0 Å². The summed E-state index contributed by atoms with van der Waals surface area (Å²) in [5.41, 5.74) is 2.67. The maximum absolute atomic E-state index is 9.58. The number of hydrogen-bond donors (Lipinski definition) is 0. The maximum Gasteiger partial charge on any atom is 0.164 e. The molecule has 0 fully saturated rings. The van der Waals surface area contributed by atoms with Gasteiger partial charge in [-0.25, -0.2) is 15.0 Å². The molecule has 0 saturated carbocycles. The van der Waals surface area contributed by atoms with Crippen molar-refractivity contribution >= 4 is 49.4 Å². The summed E-state index contributed by atoms with van der Waals surface area (Å²) in [5, 5.41) is -0.278. The highest BCUT2D eigenvalue weighted by molar-refractivity contribution is 7.20. The second-order valence-electron chi connectivity index (χ2n) is 11.4. The number of aryl methyl sites for hydroxylation is 1. The van der Waals surface area contributed by atoms with Crippen LogP contribution < -0.4 is 0 Å². The van der Waals surface area contributed by atoms with Crippen molar-refractivity contribution in [3.63, 3.8) is 0 Å². The van der Waals surface area contributed by atoms with Crippen LogP contribution in [0.1, 0.15) is 36.0 Å². The van der Waals surface area contributed by atoms with Gasteiger partial charge in [-0.05, 0) is 76.9 Å². The smallest absolute Gasteiger partial charge is 0.164 e. The normalized spacial score (nSPS) is 19.8. The molecule has 0 spiro atoms. The van der Waals surface area contributed by atoms with Crippen LogP contribution in [0.2, 0.25) is 0 Å². The van der Waals surface area contributed by atoms with Crippen LogP contribution in [0.15, 0.2) is 150 Å². The van der Waals surface area contributed by atoms with E-state index >= 15 is 0 Å². The van der Waals surface area contributed by atoms with Crippen LogP contribution in [0, 0.1) is 0 Å². The number of hydrogen-bond acceptors (Lipinski definition) is 5. The van der Waals surface area contributed by atoms with Crippen molar-refractivity contribution < 1.29 is 23.6 Å². The average Bonchev–Trinajstić information content (AvgIpc) is 3.92. The van der Waals surface area contributed by atoms with E-state index in [4.69, 9.17) is 34.4 Å². The van der Waals surface area contributed by atoms with Gasteiger partial charge in [-0.3, -0.25) is 0 Å². The fourth-order valence-corrected chi connectivity index (χ4v) is 7.29. The summed E-state index contributed by atoms with van der Waals surface area (Å²) in [6, 6.07) is 18.6. The van der Waals surface area contributed by atoms with Crippen LogP contribution in [0.25, 0.3) is 94.5 Å². The van der Waals surface area contributed by atoms with Gasteiger partial charge in [0.2, 0.25) is 0 Å². The van der Waals surface area contributed by atoms with E-state index in [0.29, 0.717) is 11.1 Å². The first-order valence-corrected chi connectivity index (χ1v) is 16.5. The van der Waals surface area contributed by atoms with E-state index in [1.807, 2.05) is 66.7 Å². The fraction of sp³-hybridized carbons (Fsp3) is 0.0444. The van der Waals surface area contributed by atoms with E-state index in [9.17, 15) is 4.11 Å². The van der Waals surface area contributed by atoms with Gasteiger partial charge >= 0.3 is 0 Å². The van der Waals surface area contributed by atoms with Crippen LogP contribution in [0.3, 0.4) is 0 Å². The van der Waals surface area contributed by atoms with Gasteiger partial charge in [-0.15, -0.1) is 11.3 Å². The lowest BCUT2D eigenvalue weighted by molar-refractivity contribution is 0.669. The average molecular weight is 674 g/mol. The number of fused-ring (bicyclic) bond motifs is 6. The van der Waals surface area contributed by atoms with Crippen LogP contribution in [0.4, 0.5) is 0 Å². The second-order valence-corrected chi connectivity index (χ2v) is 12.4. The van der Waals surface area contributed by atoms with Gasteiger partial charge in [0.1, 0.15) is 11.2 Å². The lowest BCUT2D eigenvalue weighted by Gasteiger charge is -2.15. The molecule has 0 N–H and O–H groups in total. The molecule has 10 rings (SSSR count).